The minimum Gasteiger partial charge on any atom is -0.507 e. The molecule has 2 heterocycles. The van der Waals surface area contributed by atoms with E-state index >= 15 is 0 Å². The Morgan fingerprint density at radius 3 is 2.30 bits per heavy atom. The second kappa shape index (κ2) is 8.54. The van der Waals surface area contributed by atoms with Crippen molar-refractivity contribution in [3.63, 3.8) is 0 Å². The molecule has 0 aliphatic carbocycles. The highest BCUT2D eigenvalue weighted by Crippen LogP contribution is 2.44. The summed E-state index contributed by atoms with van der Waals surface area (Å²) in [5.74, 6) is -1.44. The molecular formula is C22H22O11. The molecule has 33 heavy (non-hydrogen) atoms. The van der Waals surface area contributed by atoms with Gasteiger partial charge in [0.15, 0.2) is 22.5 Å². The summed E-state index contributed by atoms with van der Waals surface area (Å²) in [7, 11) is 1.27. The van der Waals surface area contributed by atoms with Gasteiger partial charge in [0.25, 0.3) is 0 Å². The van der Waals surface area contributed by atoms with E-state index in [0.29, 0.717) is 0 Å². The molecule has 0 amide bonds. The molecule has 1 aliphatic rings. The highest BCUT2D eigenvalue weighted by atomic mass is 16.5. The lowest BCUT2D eigenvalue weighted by molar-refractivity contribution is -0.231. The fraction of sp³-hybridized carbons (Fsp3) is 0.318. The monoisotopic (exact) mass is 462 g/mol. The normalized spacial score (nSPS) is 25.3. The van der Waals surface area contributed by atoms with E-state index in [9.17, 15) is 40.5 Å². The van der Waals surface area contributed by atoms with Gasteiger partial charge in [-0.3, -0.25) is 4.79 Å². The lowest BCUT2D eigenvalue weighted by Gasteiger charge is -2.40. The summed E-state index contributed by atoms with van der Waals surface area (Å²) in [4.78, 5) is 13.0. The van der Waals surface area contributed by atoms with Crippen LogP contribution in [0.2, 0.25) is 0 Å². The second-order valence-electron chi connectivity index (χ2n) is 7.64. The molecule has 0 unspecified atom stereocenters. The van der Waals surface area contributed by atoms with Crippen molar-refractivity contribution in [2.45, 2.75) is 30.5 Å². The van der Waals surface area contributed by atoms with Crippen LogP contribution in [-0.2, 0) is 4.74 Å². The molecule has 0 spiro atoms. The van der Waals surface area contributed by atoms with E-state index in [1.54, 1.807) is 0 Å². The minimum atomic E-state index is -1.75. The number of phenols is 3. The number of methoxy groups -OCH3 is 1. The van der Waals surface area contributed by atoms with Crippen LogP contribution >= 0.6 is 0 Å². The van der Waals surface area contributed by atoms with E-state index < -0.39 is 54.1 Å². The largest absolute Gasteiger partial charge is 0.507 e. The predicted molar refractivity (Wildman–Crippen MR) is 112 cm³/mol. The van der Waals surface area contributed by atoms with Crippen LogP contribution in [0.5, 0.6) is 23.0 Å². The fourth-order valence-electron chi connectivity index (χ4n) is 3.90. The summed E-state index contributed by atoms with van der Waals surface area (Å²) in [6.07, 6.45) is -7.89. The third-order valence-electron chi connectivity index (χ3n) is 5.64. The molecule has 1 aliphatic heterocycles. The molecule has 0 bridgehead atoms. The molecule has 3 aromatic rings. The van der Waals surface area contributed by atoms with Crippen molar-refractivity contribution in [2.75, 3.05) is 13.7 Å². The SMILES string of the molecule is COc1cc(O)c([C@H]2O[C@H](CO)[C@H](O)[C@@H](O)[C@H]2O)c2oc(-c3ccc(O)c(O)c3)cc(=O)c12. The number of aliphatic hydroxyl groups is 4. The van der Waals surface area contributed by atoms with Crippen molar-refractivity contribution in [1.82, 2.24) is 0 Å². The van der Waals surface area contributed by atoms with Gasteiger partial charge < -0.3 is 49.6 Å². The molecule has 0 radical (unpaired) electrons. The van der Waals surface area contributed by atoms with Crippen molar-refractivity contribution in [3.8, 4) is 34.3 Å². The standard InChI is InChI=1S/C22H22O11/c1-31-14-6-12(27)17(22-20(30)19(29)18(28)15(7-23)33-22)21-16(14)11(26)5-13(32-21)8-2-3-9(24)10(25)4-8/h2-6,15,18-20,22-25,27-30H,7H2,1H3/t15-,18+,19-,20-,22-/m1/s1. The summed E-state index contributed by atoms with van der Waals surface area (Å²) in [6.45, 7) is -0.696. The Kier molecular flexibility index (Phi) is 5.91. The molecule has 1 saturated heterocycles. The summed E-state index contributed by atoms with van der Waals surface area (Å²) >= 11 is 0. The summed E-state index contributed by atoms with van der Waals surface area (Å²) in [5, 5.41) is 70.3. The Morgan fingerprint density at radius 1 is 0.939 bits per heavy atom. The smallest absolute Gasteiger partial charge is 0.197 e. The first kappa shape index (κ1) is 22.8. The number of hydrogen-bond donors (Lipinski definition) is 7. The number of aromatic hydroxyl groups is 3. The van der Waals surface area contributed by atoms with Crippen molar-refractivity contribution in [2.24, 2.45) is 0 Å². The highest BCUT2D eigenvalue weighted by molar-refractivity contribution is 5.90. The number of hydrogen-bond acceptors (Lipinski definition) is 11. The maximum absolute atomic E-state index is 13.0. The maximum atomic E-state index is 13.0. The van der Waals surface area contributed by atoms with E-state index in [1.807, 2.05) is 0 Å². The lowest BCUT2D eigenvalue weighted by Crippen LogP contribution is -2.55. The maximum Gasteiger partial charge on any atom is 0.197 e. The molecule has 2 aromatic carbocycles. The Hall–Kier alpha value is -3.35. The predicted octanol–water partition coefficient (Wildman–Crippen LogP) is 0.100. The second-order valence-corrected chi connectivity index (χ2v) is 7.64. The average Bonchev–Trinajstić information content (AvgIpc) is 2.79. The number of rotatable bonds is 4. The van der Waals surface area contributed by atoms with Crippen molar-refractivity contribution in [1.29, 1.82) is 0 Å². The van der Waals surface area contributed by atoms with Crippen LogP contribution in [0.25, 0.3) is 22.3 Å². The van der Waals surface area contributed by atoms with Gasteiger partial charge in [0.05, 0.1) is 19.3 Å². The zero-order chi connectivity index (χ0) is 24.0. The quantitative estimate of drug-likeness (QED) is 0.260. The molecule has 1 aromatic heterocycles. The van der Waals surface area contributed by atoms with Crippen LogP contribution in [0.15, 0.2) is 39.5 Å². The minimum absolute atomic E-state index is 0.0373. The van der Waals surface area contributed by atoms with Gasteiger partial charge in [-0.05, 0) is 18.2 Å². The van der Waals surface area contributed by atoms with E-state index in [0.717, 1.165) is 18.2 Å². The van der Waals surface area contributed by atoms with Crippen molar-refractivity contribution >= 4 is 11.0 Å². The summed E-state index contributed by atoms with van der Waals surface area (Å²) in [6, 6.07) is 5.96. The van der Waals surface area contributed by atoms with Crippen LogP contribution in [0.4, 0.5) is 0 Å². The summed E-state index contributed by atoms with van der Waals surface area (Å²) < 4.78 is 16.6. The van der Waals surface area contributed by atoms with Gasteiger partial charge in [-0.2, -0.15) is 0 Å². The van der Waals surface area contributed by atoms with Gasteiger partial charge >= 0.3 is 0 Å². The van der Waals surface area contributed by atoms with Gasteiger partial charge in [-0.25, -0.2) is 0 Å². The number of fused-ring (bicyclic) bond motifs is 1. The van der Waals surface area contributed by atoms with Gasteiger partial charge in [-0.1, -0.05) is 0 Å². The topological polar surface area (TPSA) is 190 Å². The lowest BCUT2D eigenvalue weighted by atomic mass is 9.89. The number of phenolic OH excluding ortho intramolecular Hbond substituents is 3. The molecule has 176 valence electrons. The first-order valence-electron chi connectivity index (χ1n) is 9.88. The molecular weight excluding hydrogens is 440 g/mol. The molecule has 5 atom stereocenters. The van der Waals surface area contributed by atoms with Crippen LogP contribution in [0.3, 0.4) is 0 Å². The molecule has 11 nitrogen and oxygen atoms in total. The van der Waals surface area contributed by atoms with E-state index in [2.05, 4.69) is 0 Å². The molecule has 0 saturated carbocycles. The Labute approximate surface area is 185 Å². The van der Waals surface area contributed by atoms with Crippen LogP contribution in [-0.4, -0.2) is 73.9 Å². The van der Waals surface area contributed by atoms with Crippen LogP contribution in [0.1, 0.15) is 11.7 Å². The number of benzene rings is 2. The molecule has 4 rings (SSSR count). The number of aliphatic hydroxyl groups excluding tert-OH is 4. The third-order valence-corrected chi connectivity index (χ3v) is 5.64. The van der Waals surface area contributed by atoms with Crippen LogP contribution in [0, 0.1) is 0 Å². The van der Waals surface area contributed by atoms with Crippen molar-refractivity contribution < 1.29 is 49.6 Å². The van der Waals surface area contributed by atoms with Crippen LogP contribution < -0.4 is 10.2 Å². The first-order valence-corrected chi connectivity index (χ1v) is 9.88. The van der Waals surface area contributed by atoms with Crippen molar-refractivity contribution in [3.05, 3.63) is 46.1 Å². The van der Waals surface area contributed by atoms with Gasteiger partial charge in [0.2, 0.25) is 0 Å². The Bertz CT molecular complexity index is 1250. The third kappa shape index (κ3) is 3.75. The van der Waals surface area contributed by atoms with Gasteiger partial charge in [0, 0.05) is 17.7 Å². The summed E-state index contributed by atoms with van der Waals surface area (Å²) in [5.41, 5.74) is -0.844. The van der Waals surface area contributed by atoms with Gasteiger partial charge in [0.1, 0.15) is 53.2 Å². The van der Waals surface area contributed by atoms with E-state index in [-0.39, 0.29) is 39.4 Å². The highest BCUT2D eigenvalue weighted by Gasteiger charge is 2.46. The average molecular weight is 462 g/mol. The molecule has 11 heteroatoms. The van der Waals surface area contributed by atoms with E-state index in [4.69, 9.17) is 13.9 Å². The first-order chi connectivity index (χ1) is 15.7. The van der Waals surface area contributed by atoms with Gasteiger partial charge in [-0.15, -0.1) is 0 Å². The Balaban J connectivity index is 1.99. The molecule has 1 fully saturated rings. The Morgan fingerprint density at radius 2 is 1.67 bits per heavy atom. The zero-order valence-corrected chi connectivity index (χ0v) is 17.2. The van der Waals surface area contributed by atoms with E-state index in [1.165, 1.54) is 19.2 Å². The number of ether oxygens (including phenoxy) is 2. The zero-order valence-electron chi connectivity index (χ0n) is 17.2. The fourth-order valence-corrected chi connectivity index (χ4v) is 3.90. The molecule has 7 N–H and O–H groups in total.